The second-order valence-electron chi connectivity index (χ2n) is 6.93. The minimum Gasteiger partial charge on any atom is -0.497 e. The second kappa shape index (κ2) is 6.86. The van der Waals surface area contributed by atoms with Crippen LogP contribution in [-0.4, -0.2) is 40.6 Å². The molecule has 1 saturated heterocycles. The maximum Gasteiger partial charge on any atom is 0.257 e. The Labute approximate surface area is 147 Å². The lowest BCUT2D eigenvalue weighted by atomic mass is 9.94. The smallest absolute Gasteiger partial charge is 0.257 e. The van der Waals surface area contributed by atoms with Crippen LogP contribution in [0.3, 0.4) is 0 Å². The summed E-state index contributed by atoms with van der Waals surface area (Å²) in [4.78, 5) is 19.0. The van der Waals surface area contributed by atoms with Crippen molar-refractivity contribution in [2.45, 2.75) is 50.5 Å². The normalized spacial score (nSPS) is 21.7. The van der Waals surface area contributed by atoms with Crippen LogP contribution in [0, 0.1) is 0 Å². The highest BCUT2D eigenvalue weighted by atomic mass is 16.5. The molecule has 0 spiro atoms. The first kappa shape index (κ1) is 16.1. The number of amides is 1. The highest BCUT2D eigenvalue weighted by Gasteiger charge is 2.37. The van der Waals surface area contributed by atoms with Crippen molar-refractivity contribution in [2.75, 3.05) is 13.7 Å². The Morgan fingerprint density at radius 2 is 1.92 bits per heavy atom. The van der Waals surface area contributed by atoms with Gasteiger partial charge in [-0.15, -0.1) is 0 Å². The number of nitrogens with zero attached hydrogens (tertiary/aromatic N) is 3. The SMILES string of the molecule is COc1ccc(-c2nc([C@H]3CC(=O)N(C4CCCCC4)C3)no2)cc1. The van der Waals surface area contributed by atoms with Crippen LogP contribution in [0.15, 0.2) is 28.8 Å². The van der Waals surface area contributed by atoms with Gasteiger partial charge in [0.1, 0.15) is 5.75 Å². The fourth-order valence-corrected chi connectivity index (χ4v) is 3.90. The average molecular weight is 341 g/mol. The Balaban J connectivity index is 1.47. The predicted octanol–water partition coefficient (Wildman–Crippen LogP) is 3.39. The Kier molecular flexibility index (Phi) is 4.42. The monoisotopic (exact) mass is 341 g/mol. The molecular formula is C19H23N3O3. The van der Waals surface area contributed by atoms with Crippen LogP contribution in [0.25, 0.3) is 11.5 Å². The average Bonchev–Trinajstić information content (AvgIpc) is 3.29. The Morgan fingerprint density at radius 3 is 2.64 bits per heavy atom. The third kappa shape index (κ3) is 3.25. The third-order valence-electron chi connectivity index (χ3n) is 5.32. The molecule has 132 valence electrons. The summed E-state index contributed by atoms with van der Waals surface area (Å²) < 4.78 is 10.6. The molecule has 4 rings (SSSR count). The quantitative estimate of drug-likeness (QED) is 0.852. The molecule has 0 unspecified atom stereocenters. The van der Waals surface area contributed by atoms with Gasteiger partial charge in [0, 0.05) is 30.5 Å². The number of aromatic nitrogens is 2. The van der Waals surface area contributed by atoms with Gasteiger partial charge < -0.3 is 14.2 Å². The van der Waals surface area contributed by atoms with E-state index in [1.807, 2.05) is 29.2 Å². The van der Waals surface area contributed by atoms with Gasteiger partial charge in [0.25, 0.3) is 5.89 Å². The lowest BCUT2D eigenvalue weighted by Crippen LogP contribution is -2.37. The van der Waals surface area contributed by atoms with Crippen LogP contribution < -0.4 is 4.74 Å². The summed E-state index contributed by atoms with van der Waals surface area (Å²) in [5, 5.41) is 4.13. The van der Waals surface area contributed by atoms with Gasteiger partial charge in [-0.2, -0.15) is 4.98 Å². The van der Waals surface area contributed by atoms with Gasteiger partial charge >= 0.3 is 0 Å². The lowest BCUT2D eigenvalue weighted by Gasteiger charge is -2.31. The van der Waals surface area contributed by atoms with E-state index >= 15 is 0 Å². The minimum absolute atomic E-state index is 0.0326. The topological polar surface area (TPSA) is 68.5 Å². The molecule has 6 nitrogen and oxygen atoms in total. The maximum atomic E-state index is 12.4. The number of rotatable bonds is 4. The molecule has 2 aromatic rings. The van der Waals surface area contributed by atoms with Crippen LogP contribution in [0.1, 0.15) is 50.3 Å². The van der Waals surface area contributed by atoms with E-state index < -0.39 is 0 Å². The summed E-state index contributed by atoms with van der Waals surface area (Å²) in [7, 11) is 1.63. The zero-order valence-corrected chi connectivity index (χ0v) is 14.5. The molecular weight excluding hydrogens is 318 g/mol. The van der Waals surface area contributed by atoms with Crippen molar-refractivity contribution in [2.24, 2.45) is 0 Å². The van der Waals surface area contributed by atoms with Gasteiger partial charge in [0.05, 0.1) is 7.11 Å². The van der Waals surface area contributed by atoms with E-state index in [-0.39, 0.29) is 11.8 Å². The van der Waals surface area contributed by atoms with E-state index in [1.165, 1.54) is 19.3 Å². The van der Waals surface area contributed by atoms with Gasteiger partial charge in [-0.1, -0.05) is 24.4 Å². The molecule has 1 amide bonds. The van der Waals surface area contributed by atoms with Gasteiger partial charge in [-0.3, -0.25) is 4.79 Å². The third-order valence-corrected chi connectivity index (χ3v) is 5.32. The lowest BCUT2D eigenvalue weighted by molar-refractivity contribution is -0.130. The summed E-state index contributed by atoms with van der Waals surface area (Å²) in [6.45, 7) is 0.713. The predicted molar refractivity (Wildman–Crippen MR) is 92.2 cm³/mol. The highest BCUT2D eigenvalue weighted by molar-refractivity contribution is 5.80. The summed E-state index contributed by atoms with van der Waals surface area (Å²) in [5.74, 6) is 2.17. The molecule has 1 saturated carbocycles. The van der Waals surface area contributed by atoms with E-state index in [0.717, 1.165) is 24.2 Å². The zero-order chi connectivity index (χ0) is 17.2. The molecule has 6 heteroatoms. The first-order valence-corrected chi connectivity index (χ1v) is 9.02. The molecule has 2 aliphatic rings. The van der Waals surface area contributed by atoms with Crippen LogP contribution in [0.4, 0.5) is 0 Å². The van der Waals surface area contributed by atoms with Gasteiger partial charge in [0.15, 0.2) is 5.82 Å². The number of benzene rings is 1. The van der Waals surface area contributed by atoms with Crippen molar-refractivity contribution in [1.82, 2.24) is 15.0 Å². The van der Waals surface area contributed by atoms with Crippen molar-refractivity contribution in [1.29, 1.82) is 0 Å². The number of likely N-dealkylation sites (tertiary alicyclic amines) is 1. The summed E-state index contributed by atoms with van der Waals surface area (Å²) >= 11 is 0. The van der Waals surface area contributed by atoms with E-state index in [9.17, 15) is 4.79 Å². The molecule has 1 aliphatic carbocycles. The number of hydrogen-bond donors (Lipinski definition) is 0. The second-order valence-corrected chi connectivity index (χ2v) is 6.93. The molecule has 0 bridgehead atoms. The molecule has 0 radical (unpaired) electrons. The molecule has 1 atom stereocenters. The molecule has 25 heavy (non-hydrogen) atoms. The first-order chi connectivity index (χ1) is 12.2. The van der Waals surface area contributed by atoms with E-state index in [4.69, 9.17) is 9.26 Å². The van der Waals surface area contributed by atoms with Crippen molar-refractivity contribution >= 4 is 5.91 Å². The Morgan fingerprint density at radius 1 is 1.16 bits per heavy atom. The number of ether oxygens (including phenoxy) is 1. The number of hydrogen-bond acceptors (Lipinski definition) is 5. The summed E-state index contributed by atoms with van der Waals surface area (Å²) in [6, 6.07) is 7.92. The van der Waals surface area contributed by atoms with Gasteiger partial charge in [0.2, 0.25) is 5.91 Å². The van der Waals surface area contributed by atoms with Crippen molar-refractivity contribution < 1.29 is 14.1 Å². The van der Waals surface area contributed by atoms with E-state index in [0.29, 0.717) is 30.7 Å². The number of carbonyl (C=O) groups is 1. The van der Waals surface area contributed by atoms with Crippen molar-refractivity contribution in [3.63, 3.8) is 0 Å². The maximum absolute atomic E-state index is 12.4. The molecule has 2 heterocycles. The highest BCUT2D eigenvalue weighted by Crippen LogP contribution is 2.33. The zero-order valence-electron chi connectivity index (χ0n) is 14.5. The minimum atomic E-state index is 0.0326. The van der Waals surface area contributed by atoms with E-state index in [2.05, 4.69) is 10.1 Å². The molecule has 1 aliphatic heterocycles. The van der Waals surface area contributed by atoms with Crippen molar-refractivity contribution in [3.8, 4) is 17.2 Å². The van der Waals surface area contributed by atoms with Crippen LogP contribution in [0.5, 0.6) is 5.75 Å². The first-order valence-electron chi connectivity index (χ1n) is 9.02. The Hall–Kier alpha value is -2.37. The van der Waals surface area contributed by atoms with E-state index in [1.54, 1.807) is 7.11 Å². The standard InChI is InChI=1S/C19H23N3O3/c1-24-16-9-7-13(8-10-16)19-20-18(21-25-19)14-11-17(23)22(12-14)15-5-3-2-4-6-15/h7-10,14-15H,2-6,11-12H2,1H3/t14-/m0/s1. The van der Waals surface area contributed by atoms with Crippen LogP contribution >= 0.6 is 0 Å². The summed E-state index contributed by atoms with van der Waals surface area (Å²) in [5.41, 5.74) is 0.855. The van der Waals surface area contributed by atoms with Crippen LogP contribution in [0.2, 0.25) is 0 Å². The Bertz CT molecular complexity index is 735. The van der Waals surface area contributed by atoms with Crippen LogP contribution in [-0.2, 0) is 4.79 Å². The molecule has 1 aromatic heterocycles. The number of methoxy groups -OCH3 is 1. The fourth-order valence-electron chi connectivity index (χ4n) is 3.90. The van der Waals surface area contributed by atoms with Gasteiger partial charge in [-0.05, 0) is 37.1 Å². The molecule has 1 aromatic carbocycles. The largest absolute Gasteiger partial charge is 0.497 e. The molecule has 2 fully saturated rings. The molecule has 0 N–H and O–H groups in total. The number of carbonyl (C=O) groups excluding carboxylic acids is 1. The summed E-state index contributed by atoms with van der Waals surface area (Å²) in [6.07, 6.45) is 6.48. The van der Waals surface area contributed by atoms with Gasteiger partial charge in [-0.25, -0.2) is 0 Å². The van der Waals surface area contributed by atoms with Crippen molar-refractivity contribution in [3.05, 3.63) is 30.1 Å². The fraction of sp³-hybridized carbons (Fsp3) is 0.526.